The van der Waals surface area contributed by atoms with Crippen LogP contribution in [0.15, 0.2) is 48.5 Å². The van der Waals surface area contributed by atoms with Crippen LogP contribution >= 0.6 is 0 Å². The molecule has 0 unspecified atom stereocenters. The van der Waals surface area contributed by atoms with Gasteiger partial charge in [-0.3, -0.25) is 0 Å². The minimum atomic E-state index is -1.36. The van der Waals surface area contributed by atoms with Crippen LogP contribution in [0.3, 0.4) is 0 Å². The Morgan fingerprint density at radius 3 is 1.17 bits per heavy atom. The van der Waals surface area contributed by atoms with Gasteiger partial charge >= 0.3 is 23.1 Å². The first-order valence-corrected chi connectivity index (χ1v) is 6.42. The number of phenols is 2. The average molecular weight is 345 g/mol. The molecular weight excluding hydrogens is 324 g/mol. The van der Waals surface area contributed by atoms with Crippen LogP contribution in [0.2, 0.25) is 0 Å². The standard InChI is InChI=1S/2C7H6O3.C2H6.CH4.Mg/c2*8-6-4-2-1-3-5(6)7(9)10;1-2;;/h2*1-4,8H,(H,9,10);1-2H3;1H4;/q;;;;+2/p-2. The molecule has 7 heteroatoms. The van der Waals surface area contributed by atoms with Gasteiger partial charge in [0.1, 0.15) is 11.5 Å². The Balaban J connectivity index is -0.000000310. The topological polar surface area (TPSA) is 121 Å². The Kier molecular flexibility index (Phi) is 15.9. The fourth-order valence-electron chi connectivity index (χ4n) is 1.29. The van der Waals surface area contributed by atoms with Crippen LogP contribution in [0.1, 0.15) is 42.0 Å². The maximum atomic E-state index is 10.2. The van der Waals surface area contributed by atoms with Crippen molar-refractivity contribution in [1.29, 1.82) is 0 Å². The van der Waals surface area contributed by atoms with Gasteiger partial charge in [-0.25, -0.2) is 0 Å². The van der Waals surface area contributed by atoms with E-state index in [0.29, 0.717) is 0 Å². The summed E-state index contributed by atoms with van der Waals surface area (Å²) in [6.07, 6.45) is 0. The molecular formula is C17H20MgO6. The van der Waals surface area contributed by atoms with Crippen molar-refractivity contribution in [3.63, 3.8) is 0 Å². The molecule has 24 heavy (non-hydrogen) atoms. The van der Waals surface area contributed by atoms with E-state index >= 15 is 0 Å². The molecule has 0 aliphatic rings. The van der Waals surface area contributed by atoms with Gasteiger partial charge in [0.05, 0.1) is 11.9 Å². The SMILES string of the molecule is C.CC.O=C([O-])c1ccccc1O.O=C([O-])c1ccccc1O.[Mg+2]. The summed E-state index contributed by atoms with van der Waals surface area (Å²) in [5.74, 6) is -3.25. The summed E-state index contributed by atoms with van der Waals surface area (Å²) >= 11 is 0. The van der Waals surface area contributed by atoms with E-state index in [9.17, 15) is 19.8 Å². The number of rotatable bonds is 2. The first-order valence-electron chi connectivity index (χ1n) is 6.42. The van der Waals surface area contributed by atoms with Crippen LogP contribution in [0.5, 0.6) is 11.5 Å². The van der Waals surface area contributed by atoms with E-state index in [-0.39, 0.29) is 53.1 Å². The van der Waals surface area contributed by atoms with Gasteiger partial charge in [0, 0.05) is 11.1 Å². The Bertz CT molecular complexity index is 572. The smallest absolute Gasteiger partial charge is 0.545 e. The molecule has 0 fully saturated rings. The number of carbonyl (C=O) groups is 2. The van der Waals surface area contributed by atoms with Crippen molar-refractivity contribution >= 4 is 35.0 Å². The second-order valence-electron chi connectivity index (χ2n) is 3.61. The number of aromatic hydroxyl groups is 2. The molecule has 0 bridgehead atoms. The number of carboxylic acid groups (broad SMARTS) is 2. The van der Waals surface area contributed by atoms with Crippen molar-refractivity contribution in [2.75, 3.05) is 0 Å². The van der Waals surface area contributed by atoms with E-state index in [0.717, 1.165) is 0 Å². The van der Waals surface area contributed by atoms with Crippen LogP contribution in [0, 0.1) is 0 Å². The summed E-state index contributed by atoms with van der Waals surface area (Å²) in [5, 5.41) is 38.0. The van der Waals surface area contributed by atoms with Crippen molar-refractivity contribution in [3.8, 4) is 11.5 Å². The van der Waals surface area contributed by atoms with Gasteiger partial charge in [-0.1, -0.05) is 45.5 Å². The van der Waals surface area contributed by atoms with E-state index in [1.807, 2.05) is 13.8 Å². The summed E-state index contributed by atoms with van der Waals surface area (Å²) in [6.45, 7) is 4.00. The second-order valence-corrected chi connectivity index (χ2v) is 3.61. The molecule has 0 saturated carbocycles. The minimum Gasteiger partial charge on any atom is -0.545 e. The van der Waals surface area contributed by atoms with E-state index in [1.54, 1.807) is 12.1 Å². The summed E-state index contributed by atoms with van der Waals surface area (Å²) in [4.78, 5) is 20.3. The molecule has 0 aliphatic carbocycles. The molecule has 2 rings (SSSR count). The third kappa shape index (κ3) is 9.01. The predicted molar refractivity (Wildman–Crippen MR) is 88.7 cm³/mol. The third-order valence-electron chi connectivity index (χ3n) is 2.25. The summed E-state index contributed by atoms with van der Waals surface area (Å²) in [7, 11) is 0. The number of para-hydroxylation sites is 2. The maximum Gasteiger partial charge on any atom is 2.00 e. The van der Waals surface area contributed by atoms with E-state index in [1.165, 1.54) is 36.4 Å². The van der Waals surface area contributed by atoms with Gasteiger partial charge in [-0.15, -0.1) is 0 Å². The zero-order chi connectivity index (χ0) is 17.1. The van der Waals surface area contributed by atoms with E-state index in [4.69, 9.17) is 10.2 Å². The number of hydrogen-bond acceptors (Lipinski definition) is 6. The normalized spacial score (nSPS) is 7.92. The zero-order valence-electron chi connectivity index (χ0n) is 12.9. The van der Waals surface area contributed by atoms with Crippen LogP contribution < -0.4 is 10.2 Å². The number of benzene rings is 2. The third-order valence-corrected chi connectivity index (χ3v) is 2.25. The number of hydrogen-bond donors (Lipinski definition) is 2. The molecule has 2 aromatic rings. The monoisotopic (exact) mass is 344 g/mol. The fraction of sp³-hybridized carbons (Fsp3) is 0.176. The minimum absolute atomic E-state index is 0. The molecule has 0 aromatic heterocycles. The molecule has 0 radical (unpaired) electrons. The maximum absolute atomic E-state index is 10.2. The van der Waals surface area contributed by atoms with Crippen molar-refractivity contribution in [3.05, 3.63) is 59.7 Å². The number of aromatic carboxylic acids is 2. The average Bonchev–Trinajstić information content (AvgIpc) is 2.50. The van der Waals surface area contributed by atoms with Crippen LogP contribution in [0.4, 0.5) is 0 Å². The van der Waals surface area contributed by atoms with Crippen molar-refractivity contribution < 1.29 is 30.0 Å². The van der Waals surface area contributed by atoms with E-state index in [2.05, 4.69) is 0 Å². The second kappa shape index (κ2) is 14.3. The molecule has 2 N–H and O–H groups in total. The van der Waals surface area contributed by atoms with Crippen molar-refractivity contribution in [2.24, 2.45) is 0 Å². The Hall–Kier alpha value is -2.25. The quantitative estimate of drug-likeness (QED) is 0.777. The van der Waals surface area contributed by atoms with Gasteiger partial charge in [0.25, 0.3) is 0 Å². The molecule has 2 aromatic carbocycles. The van der Waals surface area contributed by atoms with Crippen molar-refractivity contribution in [1.82, 2.24) is 0 Å². The van der Waals surface area contributed by atoms with Gasteiger partial charge in [0.2, 0.25) is 0 Å². The van der Waals surface area contributed by atoms with Crippen molar-refractivity contribution in [2.45, 2.75) is 21.3 Å². The summed E-state index contributed by atoms with van der Waals surface area (Å²) in [5.41, 5.74) is -0.356. The van der Waals surface area contributed by atoms with Crippen LogP contribution in [0.25, 0.3) is 0 Å². The van der Waals surface area contributed by atoms with Crippen LogP contribution in [-0.2, 0) is 0 Å². The Morgan fingerprint density at radius 2 is 1.00 bits per heavy atom. The largest absolute Gasteiger partial charge is 2.00 e. The molecule has 0 amide bonds. The Labute approximate surface area is 157 Å². The molecule has 0 aliphatic heterocycles. The Morgan fingerprint density at radius 1 is 0.750 bits per heavy atom. The molecule has 0 saturated heterocycles. The van der Waals surface area contributed by atoms with Gasteiger partial charge in [-0.05, 0) is 24.3 Å². The fourth-order valence-corrected chi connectivity index (χ4v) is 1.29. The first kappa shape index (κ1) is 26.6. The first-order chi connectivity index (χ1) is 10.4. The van der Waals surface area contributed by atoms with E-state index < -0.39 is 11.9 Å². The molecule has 126 valence electrons. The molecule has 0 heterocycles. The van der Waals surface area contributed by atoms with Gasteiger partial charge in [0.15, 0.2) is 0 Å². The number of carboxylic acids is 2. The zero-order valence-corrected chi connectivity index (χ0v) is 14.3. The summed E-state index contributed by atoms with van der Waals surface area (Å²) in [6, 6.07) is 11.3. The van der Waals surface area contributed by atoms with Crippen LogP contribution in [-0.4, -0.2) is 45.2 Å². The molecule has 6 nitrogen and oxygen atoms in total. The predicted octanol–water partition coefficient (Wildman–Crippen LogP) is 0.793. The van der Waals surface area contributed by atoms with Gasteiger partial charge < -0.3 is 30.0 Å². The summed E-state index contributed by atoms with van der Waals surface area (Å²) < 4.78 is 0. The molecule has 0 atom stereocenters. The number of carbonyl (C=O) groups excluding carboxylic acids is 2. The molecule has 0 spiro atoms. The van der Waals surface area contributed by atoms with Gasteiger partial charge in [-0.2, -0.15) is 0 Å².